The van der Waals surface area contributed by atoms with Gasteiger partial charge in [-0.2, -0.15) is 0 Å². The molecule has 2 rings (SSSR count). The van der Waals surface area contributed by atoms with Crippen LogP contribution in [-0.2, 0) is 6.54 Å². The first-order valence-corrected chi connectivity index (χ1v) is 7.25. The number of nitrogens with one attached hydrogen (secondary N) is 1. The molecule has 0 amide bonds. The Bertz CT molecular complexity index is 342. The molecule has 3 nitrogen and oxygen atoms in total. The second-order valence-corrected chi connectivity index (χ2v) is 5.46. The molecule has 1 N–H and O–H groups in total. The molecule has 1 saturated heterocycles. The number of hydrogen-bond acceptors (Lipinski definition) is 3. The highest BCUT2D eigenvalue weighted by molar-refractivity contribution is 5.14. The van der Waals surface area contributed by atoms with Gasteiger partial charge in [-0.15, -0.1) is 0 Å². The van der Waals surface area contributed by atoms with Crippen molar-refractivity contribution in [3.8, 4) is 0 Å². The molecule has 0 saturated carbocycles. The summed E-state index contributed by atoms with van der Waals surface area (Å²) in [6, 6.07) is 2.06. The molecular formula is C15H26N2O. The van der Waals surface area contributed by atoms with Crippen molar-refractivity contribution in [3.63, 3.8) is 0 Å². The van der Waals surface area contributed by atoms with Crippen LogP contribution in [0.15, 0.2) is 16.7 Å². The maximum absolute atomic E-state index is 5.58. The second-order valence-electron chi connectivity index (χ2n) is 5.46. The third-order valence-electron chi connectivity index (χ3n) is 3.85. The van der Waals surface area contributed by atoms with Gasteiger partial charge in [-0.3, -0.25) is 4.90 Å². The van der Waals surface area contributed by atoms with Gasteiger partial charge in [0.2, 0.25) is 0 Å². The predicted octanol–water partition coefficient (Wildman–Crippen LogP) is 2.80. The van der Waals surface area contributed by atoms with Gasteiger partial charge in [0, 0.05) is 6.54 Å². The second kappa shape index (κ2) is 6.95. The Balaban J connectivity index is 1.88. The van der Waals surface area contributed by atoms with Gasteiger partial charge in [-0.25, -0.2) is 0 Å². The van der Waals surface area contributed by atoms with Crippen LogP contribution >= 0.6 is 0 Å². The summed E-state index contributed by atoms with van der Waals surface area (Å²) in [5, 5.41) is 3.44. The van der Waals surface area contributed by atoms with E-state index in [0.29, 0.717) is 0 Å². The van der Waals surface area contributed by atoms with Gasteiger partial charge in [0.05, 0.1) is 12.8 Å². The first kappa shape index (κ1) is 13.6. The highest BCUT2D eigenvalue weighted by atomic mass is 16.3. The van der Waals surface area contributed by atoms with Gasteiger partial charge < -0.3 is 9.73 Å². The molecule has 2 heterocycles. The van der Waals surface area contributed by atoms with E-state index >= 15 is 0 Å². The zero-order valence-electron chi connectivity index (χ0n) is 11.7. The van der Waals surface area contributed by atoms with Gasteiger partial charge in [0.1, 0.15) is 5.76 Å². The molecule has 0 aromatic carbocycles. The lowest BCUT2D eigenvalue weighted by molar-refractivity contribution is 0.186. The predicted molar refractivity (Wildman–Crippen MR) is 74.6 cm³/mol. The minimum Gasteiger partial charge on any atom is -0.468 e. The topological polar surface area (TPSA) is 28.4 Å². The van der Waals surface area contributed by atoms with E-state index in [0.717, 1.165) is 18.2 Å². The number of aryl methyl sites for hydroxylation is 1. The minimum atomic E-state index is 0.855. The van der Waals surface area contributed by atoms with E-state index in [4.69, 9.17) is 4.42 Å². The van der Waals surface area contributed by atoms with Crippen molar-refractivity contribution in [3.05, 3.63) is 23.7 Å². The van der Waals surface area contributed by atoms with Crippen LogP contribution in [0.25, 0.3) is 0 Å². The molecule has 0 atom stereocenters. The van der Waals surface area contributed by atoms with E-state index in [-0.39, 0.29) is 0 Å². The van der Waals surface area contributed by atoms with E-state index in [1.54, 1.807) is 6.26 Å². The van der Waals surface area contributed by atoms with Crippen LogP contribution in [-0.4, -0.2) is 31.1 Å². The molecule has 0 bridgehead atoms. The average Bonchev–Trinajstić information content (AvgIpc) is 2.77. The van der Waals surface area contributed by atoms with Crippen molar-refractivity contribution >= 4 is 0 Å². The van der Waals surface area contributed by atoms with Crippen molar-refractivity contribution in [2.24, 2.45) is 5.92 Å². The molecular weight excluding hydrogens is 224 g/mol. The van der Waals surface area contributed by atoms with Gasteiger partial charge in [0.25, 0.3) is 0 Å². The fourth-order valence-corrected chi connectivity index (χ4v) is 2.75. The highest BCUT2D eigenvalue weighted by Gasteiger charge is 2.18. The first-order valence-electron chi connectivity index (χ1n) is 7.25. The summed E-state index contributed by atoms with van der Waals surface area (Å²) in [5.74, 6) is 1.99. The molecule has 18 heavy (non-hydrogen) atoms. The first-order chi connectivity index (χ1) is 8.79. The Morgan fingerprint density at radius 1 is 1.39 bits per heavy atom. The fraction of sp³-hybridized carbons (Fsp3) is 0.733. The summed E-state index contributed by atoms with van der Waals surface area (Å²) in [6.07, 6.45) is 5.65. The van der Waals surface area contributed by atoms with E-state index in [1.165, 1.54) is 51.0 Å². The Labute approximate surface area is 111 Å². The Hall–Kier alpha value is -0.800. The van der Waals surface area contributed by atoms with E-state index < -0.39 is 0 Å². The zero-order valence-corrected chi connectivity index (χ0v) is 11.7. The van der Waals surface area contributed by atoms with Gasteiger partial charge in [-0.1, -0.05) is 6.92 Å². The minimum absolute atomic E-state index is 0.855. The Morgan fingerprint density at radius 3 is 2.78 bits per heavy atom. The molecule has 1 aliphatic heterocycles. The van der Waals surface area contributed by atoms with Crippen molar-refractivity contribution < 1.29 is 4.42 Å². The summed E-state index contributed by atoms with van der Waals surface area (Å²) in [4.78, 5) is 2.56. The lowest BCUT2D eigenvalue weighted by atomic mass is 9.97. The summed E-state index contributed by atoms with van der Waals surface area (Å²) < 4.78 is 5.58. The number of nitrogens with zero attached hydrogens (tertiary/aromatic N) is 1. The summed E-state index contributed by atoms with van der Waals surface area (Å²) in [6.45, 7) is 10.1. The molecule has 0 unspecified atom stereocenters. The molecule has 102 valence electrons. The summed E-state index contributed by atoms with van der Waals surface area (Å²) >= 11 is 0. The molecule has 1 fully saturated rings. The van der Waals surface area contributed by atoms with Crippen molar-refractivity contribution in [2.75, 3.05) is 26.2 Å². The van der Waals surface area contributed by atoms with Crippen LogP contribution in [0.1, 0.15) is 37.5 Å². The maximum atomic E-state index is 5.58. The monoisotopic (exact) mass is 250 g/mol. The van der Waals surface area contributed by atoms with Crippen LogP contribution in [0.5, 0.6) is 0 Å². The van der Waals surface area contributed by atoms with E-state index in [1.807, 2.05) is 0 Å². The normalized spacial score (nSPS) is 17.5. The van der Waals surface area contributed by atoms with E-state index in [9.17, 15) is 0 Å². The molecule has 3 heteroatoms. The smallest absolute Gasteiger partial charge is 0.120 e. The van der Waals surface area contributed by atoms with Crippen LogP contribution in [0, 0.1) is 12.8 Å². The Morgan fingerprint density at radius 2 is 2.17 bits per heavy atom. The molecule has 1 aromatic rings. The average molecular weight is 250 g/mol. The number of hydrogen-bond donors (Lipinski definition) is 1. The third-order valence-corrected chi connectivity index (χ3v) is 3.85. The number of furan rings is 1. The molecule has 0 radical (unpaired) electrons. The third kappa shape index (κ3) is 3.85. The lowest BCUT2D eigenvalue weighted by Gasteiger charge is -2.29. The van der Waals surface area contributed by atoms with Crippen LogP contribution in [0.2, 0.25) is 0 Å². The maximum Gasteiger partial charge on any atom is 0.120 e. The van der Waals surface area contributed by atoms with E-state index in [2.05, 4.69) is 30.1 Å². The van der Waals surface area contributed by atoms with Crippen molar-refractivity contribution in [1.29, 1.82) is 0 Å². The lowest BCUT2D eigenvalue weighted by Crippen LogP contribution is -2.36. The molecule has 0 spiro atoms. The SMILES string of the molecule is CCCN(Cc1occc1C)CC1CCNCC1. The van der Waals surface area contributed by atoms with Gasteiger partial charge >= 0.3 is 0 Å². The quantitative estimate of drug-likeness (QED) is 0.841. The van der Waals surface area contributed by atoms with Gasteiger partial charge in [0.15, 0.2) is 0 Å². The summed E-state index contributed by atoms with van der Waals surface area (Å²) in [7, 11) is 0. The van der Waals surface area contributed by atoms with Gasteiger partial charge in [-0.05, 0) is 63.4 Å². The van der Waals surface area contributed by atoms with Crippen molar-refractivity contribution in [2.45, 2.75) is 39.7 Å². The standard InChI is InChI=1S/C15H26N2O/c1-3-9-17(11-14-4-7-16-8-5-14)12-15-13(2)6-10-18-15/h6,10,14,16H,3-5,7-9,11-12H2,1-2H3. The highest BCUT2D eigenvalue weighted by Crippen LogP contribution is 2.17. The molecule has 1 aromatic heterocycles. The fourth-order valence-electron chi connectivity index (χ4n) is 2.75. The van der Waals surface area contributed by atoms with Crippen LogP contribution in [0.3, 0.4) is 0 Å². The largest absolute Gasteiger partial charge is 0.468 e. The Kier molecular flexibility index (Phi) is 5.26. The van der Waals surface area contributed by atoms with Crippen molar-refractivity contribution in [1.82, 2.24) is 10.2 Å². The number of rotatable bonds is 6. The van der Waals surface area contributed by atoms with Crippen LogP contribution in [0.4, 0.5) is 0 Å². The number of piperidine rings is 1. The molecule has 1 aliphatic rings. The van der Waals surface area contributed by atoms with Crippen LogP contribution < -0.4 is 5.32 Å². The molecule has 0 aliphatic carbocycles. The summed E-state index contributed by atoms with van der Waals surface area (Å²) in [5.41, 5.74) is 1.28. The zero-order chi connectivity index (χ0) is 12.8.